The molecule has 22 heavy (non-hydrogen) atoms. The molecule has 1 aromatic heterocycles. The van der Waals surface area contributed by atoms with Crippen molar-refractivity contribution in [3.63, 3.8) is 0 Å². The summed E-state index contributed by atoms with van der Waals surface area (Å²) in [5.74, 6) is 0.596. The molecule has 0 aliphatic carbocycles. The first-order chi connectivity index (χ1) is 10.6. The lowest BCUT2D eigenvalue weighted by molar-refractivity contribution is 0.0730. The Labute approximate surface area is 129 Å². The third-order valence-electron chi connectivity index (χ3n) is 3.58. The standard InChI is InChI=1S/C15H18N2O4S/c1-2-21-13-5-6-14(12-4-3-7-16-15(12)13)22(18,19)17-8-10-20-11-9-17/h3-7H,2,8-11H2,1H3. The summed E-state index contributed by atoms with van der Waals surface area (Å²) in [6.07, 6.45) is 1.63. The molecule has 1 saturated heterocycles. The van der Waals surface area contributed by atoms with Crippen LogP contribution in [0.15, 0.2) is 35.4 Å². The van der Waals surface area contributed by atoms with Crippen LogP contribution in [0.1, 0.15) is 6.92 Å². The van der Waals surface area contributed by atoms with Crippen molar-refractivity contribution in [2.75, 3.05) is 32.9 Å². The Morgan fingerprint density at radius 3 is 2.77 bits per heavy atom. The summed E-state index contributed by atoms with van der Waals surface area (Å²) in [6, 6.07) is 6.76. The highest BCUT2D eigenvalue weighted by atomic mass is 32.2. The maximum Gasteiger partial charge on any atom is 0.243 e. The first-order valence-corrected chi connectivity index (χ1v) is 8.67. The van der Waals surface area contributed by atoms with E-state index in [1.54, 1.807) is 30.5 Å². The summed E-state index contributed by atoms with van der Waals surface area (Å²) in [6.45, 7) is 3.97. The largest absolute Gasteiger partial charge is 0.492 e. The number of ether oxygens (including phenoxy) is 2. The molecule has 0 N–H and O–H groups in total. The second-order valence-corrected chi connectivity index (χ2v) is 6.82. The second kappa shape index (κ2) is 6.20. The minimum atomic E-state index is -3.56. The van der Waals surface area contributed by atoms with Crippen molar-refractivity contribution in [3.8, 4) is 5.75 Å². The molecule has 2 aromatic rings. The first kappa shape index (κ1) is 15.2. The zero-order chi connectivity index (χ0) is 15.6. The van der Waals surface area contributed by atoms with Gasteiger partial charge in [-0.1, -0.05) is 0 Å². The van der Waals surface area contributed by atoms with Crippen LogP contribution < -0.4 is 4.74 Å². The van der Waals surface area contributed by atoms with Gasteiger partial charge in [0.05, 0.1) is 24.7 Å². The highest BCUT2D eigenvalue weighted by molar-refractivity contribution is 7.89. The number of hydrogen-bond acceptors (Lipinski definition) is 5. The van der Waals surface area contributed by atoms with Crippen molar-refractivity contribution in [1.82, 2.24) is 9.29 Å². The van der Waals surface area contributed by atoms with E-state index in [0.29, 0.717) is 49.6 Å². The van der Waals surface area contributed by atoms with E-state index in [0.717, 1.165) is 0 Å². The van der Waals surface area contributed by atoms with Crippen LogP contribution in [0.3, 0.4) is 0 Å². The Kier molecular flexibility index (Phi) is 4.28. The average Bonchev–Trinajstić information content (AvgIpc) is 2.56. The number of aromatic nitrogens is 1. The van der Waals surface area contributed by atoms with E-state index in [1.165, 1.54) is 4.31 Å². The number of fused-ring (bicyclic) bond motifs is 1. The maximum atomic E-state index is 12.9. The van der Waals surface area contributed by atoms with Crippen LogP contribution >= 0.6 is 0 Å². The van der Waals surface area contributed by atoms with E-state index >= 15 is 0 Å². The molecule has 0 saturated carbocycles. The second-order valence-electron chi connectivity index (χ2n) is 4.91. The van der Waals surface area contributed by atoms with E-state index in [4.69, 9.17) is 9.47 Å². The van der Waals surface area contributed by atoms with Gasteiger partial charge in [0.2, 0.25) is 10.0 Å². The van der Waals surface area contributed by atoms with Crippen molar-refractivity contribution in [2.45, 2.75) is 11.8 Å². The first-order valence-electron chi connectivity index (χ1n) is 7.23. The molecule has 1 aliphatic heterocycles. The van der Waals surface area contributed by atoms with Crippen molar-refractivity contribution in [1.29, 1.82) is 0 Å². The van der Waals surface area contributed by atoms with Gasteiger partial charge in [0, 0.05) is 24.7 Å². The molecule has 1 aromatic carbocycles. The van der Waals surface area contributed by atoms with E-state index in [1.807, 2.05) is 6.92 Å². The highest BCUT2D eigenvalue weighted by Crippen LogP contribution is 2.31. The monoisotopic (exact) mass is 322 g/mol. The van der Waals surface area contributed by atoms with E-state index in [-0.39, 0.29) is 4.90 Å². The minimum Gasteiger partial charge on any atom is -0.492 e. The molecule has 0 radical (unpaired) electrons. The summed E-state index contributed by atoms with van der Waals surface area (Å²) < 4.78 is 38.0. The van der Waals surface area contributed by atoms with Gasteiger partial charge in [-0.15, -0.1) is 0 Å². The molecule has 7 heteroatoms. The summed E-state index contributed by atoms with van der Waals surface area (Å²) in [7, 11) is -3.56. The summed E-state index contributed by atoms with van der Waals surface area (Å²) >= 11 is 0. The minimum absolute atomic E-state index is 0.265. The van der Waals surface area contributed by atoms with E-state index in [9.17, 15) is 8.42 Å². The Balaban J connectivity index is 2.13. The number of rotatable bonds is 4. The van der Waals surface area contributed by atoms with Crippen molar-refractivity contribution in [3.05, 3.63) is 30.5 Å². The molecule has 6 nitrogen and oxygen atoms in total. The fraction of sp³-hybridized carbons (Fsp3) is 0.400. The number of sulfonamides is 1. The predicted octanol–water partition coefficient (Wildman–Crippen LogP) is 1.65. The van der Waals surface area contributed by atoms with Gasteiger partial charge >= 0.3 is 0 Å². The van der Waals surface area contributed by atoms with Gasteiger partial charge in [-0.05, 0) is 31.2 Å². The zero-order valence-corrected chi connectivity index (χ0v) is 13.2. The Hall–Kier alpha value is -1.70. The summed E-state index contributed by atoms with van der Waals surface area (Å²) in [4.78, 5) is 4.55. The molecule has 1 aliphatic rings. The molecule has 2 heterocycles. The van der Waals surface area contributed by atoms with Gasteiger partial charge in [-0.3, -0.25) is 4.98 Å². The maximum absolute atomic E-state index is 12.9. The van der Waals surface area contributed by atoms with Crippen LogP contribution in [-0.2, 0) is 14.8 Å². The number of pyridine rings is 1. The highest BCUT2D eigenvalue weighted by Gasteiger charge is 2.28. The van der Waals surface area contributed by atoms with Crippen LogP contribution in [0.4, 0.5) is 0 Å². The Bertz CT molecular complexity index is 770. The normalized spacial score (nSPS) is 16.8. The number of nitrogens with zero attached hydrogens (tertiary/aromatic N) is 2. The van der Waals surface area contributed by atoms with Gasteiger partial charge in [-0.25, -0.2) is 8.42 Å². The number of benzene rings is 1. The molecular weight excluding hydrogens is 304 g/mol. The van der Waals surface area contributed by atoms with Crippen LogP contribution in [0.2, 0.25) is 0 Å². The number of hydrogen-bond donors (Lipinski definition) is 0. The molecule has 0 atom stereocenters. The van der Waals surface area contributed by atoms with Crippen LogP contribution in [0.25, 0.3) is 10.9 Å². The summed E-state index contributed by atoms with van der Waals surface area (Å²) in [5, 5.41) is 0.583. The molecule has 0 amide bonds. The SMILES string of the molecule is CCOc1ccc(S(=O)(=O)N2CCOCC2)c2cccnc12. The molecule has 118 valence electrons. The van der Waals surface area contributed by atoms with Crippen molar-refractivity contribution in [2.24, 2.45) is 0 Å². The lowest BCUT2D eigenvalue weighted by atomic mass is 10.2. The number of morpholine rings is 1. The zero-order valence-electron chi connectivity index (χ0n) is 12.4. The molecule has 3 rings (SSSR count). The van der Waals surface area contributed by atoms with Crippen molar-refractivity contribution >= 4 is 20.9 Å². The molecule has 1 fully saturated rings. The molecular formula is C15H18N2O4S. The quantitative estimate of drug-likeness (QED) is 0.856. The van der Waals surface area contributed by atoms with Gasteiger partial charge in [0.15, 0.2) is 0 Å². The van der Waals surface area contributed by atoms with Crippen LogP contribution in [-0.4, -0.2) is 50.6 Å². The molecule has 0 spiro atoms. The fourth-order valence-corrected chi connectivity index (χ4v) is 4.13. The predicted molar refractivity (Wildman–Crippen MR) is 82.5 cm³/mol. The van der Waals surface area contributed by atoms with Crippen molar-refractivity contribution < 1.29 is 17.9 Å². The topological polar surface area (TPSA) is 68.7 Å². The summed E-state index contributed by atoms with van der Waals surface area (Å²) in [5.41, 5.74) is 0.568. The Morgan fingerprint density at radius 1 is 1.27 bits per heavy atom. The molecule has 0 bridgehead atoms. The third kappa shape index (κ3) is 2.67. The lowest BCUT2D eigenvalue weighted by Gasteiger charge is -2.26. The van der Waals surface area contributed by atoms with Gasteiger partial charge in [0.25, 0.3) is 0 Å². The lowest BCUT2D eigenvalue weighted by Crippen LogP contribution is -2.40. The third-order valence-corrected chi connectivity index (χ3v) is 5.54. The van der Waals surface area contributed by atoms with Gasteiger partial charge in [0.1, 0.15) is 11.3 Å². The van der Waals surface area contributed by atoms with E-state index < -0.39 is 10.0 Å². The fourth-order valence-electron chi connectivity index (χ4n) is 2.54. The average molecular weight is 322 g/mol. The smallest absolute Gasteiger partial charge is 0.243 e. The molecule has 0 unspecified atom stereocenters. The van der Waals surface area contributed by atoms with Gasteiger partial charge < -0.3 is 9.47 Å². The van der Waals surface area contributed by atoms with Crippen LogP contribution in [0.5, 0.6) is 5.75 Å². The van der Waals surface area contributed by atoms with Crippen LogP contribution in [0, 0.1) is 0 Å². The van der Waals surface area contributed by atoms with Gasteiger partial charge in [-0.2, -0.15) is 4.31 Å². The Morgan fingerprint density at radius 2 is 2.05 bits per heavy atom. The van der Waals surface area contributed by atoms with E-state index in [2.05, 4.69) is 4.98 Å².